The third-order valence-corrected chi connectivity index (χ3v) is 5.01. The average Bonchev–Trinajstić information content (AvgIpc) is 2.68. The van der Waals surface area contributed by atoms with E-state index in [9.17, 15) is 9.59 Å². The van der Waals surface area contributed by atoms with Gasteiger partial charge in [-0.2, -0.15) is 0 Å². The molecule has 2 atom stereocenters. The highest BCUT2D eigenvalue weighted by atomic mass is 16.5. The zero-order chi connectivity index (χ0) is 18.8. The van der Waals surface area contributed by atoms with E-state index in [0.29, 0.717) is 34.8 Å². The summed E-state index contributed by atoms with van der Waals surface area (Å²) in [6.45, 7) is 1.73. The first kappa shape index (κ1) is 18.0. The molecule has 1 aromatic rings. The second kappa shape index (κ2) is 7.20. The molecule has 2 aliphatic rings. The van der Waals surface area contributed by atoms with Crippen LogP contribution in [0.15, 0.2) is 47.6 Å². The van der Waals surface area contributed by atoms with Crippen molar-refractivity contribution in [2.75, 3.05) is 21.3 Å². The largest absolute Gasteiger partial charge is 0.493 e. The number of benzene rings is 1. The lowest BCUT2D eigenvalue weighted by atomic mass is 9.71. The van der Waals surface area contributed by atoms with Crippen LogP contribution in [-0.4, -0.2) is 32.9 Å². The summed E-state index contributed by atoms with van der Waals surface area (Å²) in [5.41, 5.74) is 1.82. The van der Waals surface area contributed by atoms with Crippen molar-refractivity contribution in [1.82, 2.24) is 0 Å². The van der Waals surface area contributed by atoms with Crippen LogP contribution in [0.25, 0.3) is 0 Å². The topological polar surface area (TPSA) is 61.8 Å². The number of ether oxygens (including phenoxy) is 3. The van der Waals surface area contributed by atoms with E-state index < -0.39 is 5.92 Å². The first-order chi connectivity index (χ1) is 12.5. The van der Waals surface area contributed by atoms with Crippen LogP contribution >= 0.6 is 0 Å². The van der Waals surface area contributed by atoms with E-state index in [-0.39, 0.29) is 17.5 Å². The molecule has 0 fully saturated rings. The van der Waals surface area contributed by atoms with Gasteiger partial charge in [0, 0.05) is 17.6 Å². The molecule has 2 aliphatic carbocycles. The molecule has 0 spiro atoms. The predicted octanol–water partition coefficient (Wildman–Crippen LogP) is 3.08. The van der Waals surface area contributed by atoms with Gasteiger partial charge < -0.3 is 14.2 Å². The van der Waals surface area contributed by atoms with Crippen molar-refractivity contribution in [2.24, 2.45) is 11.8 Å². The van der Waals surface area contributed by atoms with E-state index in [1.165, 1.54) is 7.11 Å². The van der Waals surface area contributed by atoms with Crippen LogP contribution in [0.2, 0.25) is 0 Å². The molecule has 0 amide bonds. The second-order valence-electron chi connectivity index (χ2n) is 6.32. The minimum atomic E-state index is -0.419. The fourth-order valence-electron chi connectivity index (χ4n) is 3.61. The third-order valence-electron chi connectivity index (χ3n) is 5.01. The van der Waals surface area contributed by atoms with E-state index in [2.05, 4.69) is 0 Å². The fraction of sp³-hybridized carbons (Fsp3) is 0.333. The smallest absolute Gasteiger partial charge is 0.203 e. The highest BCUT2D eigenvalue weighted by molar-refractivity contribution is 6.15. The number of carbonyl (C=O) groups excluding carboxylic acids is 2. The van der Waals surface area contributed by atoms with Crippen molar-refractivity contribution in [1.29, 1.82) is 0 Å². The van der Waals surface area contributed by atoms with Gasteiger partial charge in [0.25, 0.3) is 0 Å². The second-order valence-corrected chi connectivity index (χ2v) is 6.32. The van der Waals surface area contributed by atoms with Crippen molar-refractivity contribution < 1.29 is 23.8 Å². The Kier molecular flexibility index (Phi) is 4.98. The van der Waals surface area contributed by atoms with E-state index in [1.54, 1.807) is 27.2 Å². The third kappa shape index (κ3) is 2.83. The van der Waals surface area contributed by atoms with Gasteiger partial charge >= 0.3 is 0 Å². The highest BCUT2D eigenvalue weighted by Gasteiger charge is 2.39. The van der Waals surface area contributed by atoms with E-state index >= 15 is 0 Å². The predicted molar refractivity (Wildman–Crippen MR) is 97.8 cm³/mol. The van der Waals surface area contributed by atoms with Crippen molar-refractivity contribution in [3.05, 3.63) is 53.1 Å². The van der Waals surface area contributed by atoms with Crippen LogP contribution in [0.5, 0.6) is 17.2 Å². The first-order valence-corrected chi connectivity index (χ1v) is 8.44. The number of ketones is 2. The van der Waals surface area contributed by atoms with Crippen LogP contribution in [0, 0.1) is 11.8 Å². The number of hydrogen-bond donors (Lipinski definition) is 0. The monoisotopic (exact) mass is 354 g/mol. The highest BCUT2D eigenvalue weighted by Crippen LogP contribution is 2.42. The Morgan fingerprint density at radius 2 is 1.46 bits per heavy atom. The molecule has 0 saturated carbocycles. The maximum absolute atomic E-state index is 13.0. The van der Waals surface area contributed by atoms with Gasteiger partial charge in [-0.05, 0) is 18.6 Å². The SMILES string of the molecule is COc1ccc(CC2=C(C)C(=O)C3C=CC=CC3C2=O)c(OC)c1OC. The molecule has 0 aliphatic heterocycles. The molecule has 0 aromatic heterocycles. The summed E-state index contributed by atoms with van der Waals surface area (Å²) in [5, 5.41) is 0. The number of methoxy groups -OCH3 is 3. The van der Waals surface area contributed by atoms with E-state index in [1.807, 2.05) is 30.4 Å². The lowest BCUT2D eigenvalue weighted by molar-refractivity contribution is -0.127. The van der Waals surface area contributed by atoms with Gasteiger partial charge in [0.2, 0.25) is 5.75 Å². The Balaban J connectivity index is 2.04. The molecule has 3 rings (SSSR count). The zero-order valence-corrected chi connectivity index (χ0v) is 15.4. The molecule has 1 aromatic carbocycles. The summed E-state index contributed by atoms with van der Waals surface area (Å²) < 4.78 is 16.2. The zero-order valence-electron chi connectivity index (χ0n) is 15.4. The number of allylic oxidation sites excluding steroid dienone is 6. The quantitative estimate of drug-likeness (QED) is 0.813. The first-order valence-electron chi connectivity index (χ1n) is 8.44. The Morgan fingerprint density at radius 1 is 0.846 bits per heavy atom. The number of hydrogen-bond acceptors (Lipinski definition) is 5. The normalized spacial score (nSPS) is 21.7. The molecule has 0 radical (unpaired) electrons. The van der Waals surface area contributed by atoms with Gasteiger partial charge in [0.1, 0.15) is 0 Å². The summed E-state index contributed by atoms with van der Waals surface area (Å²) in [6.07, 6.45) is 7.57. The molecule has 0 bridgehead atoms. The van der Waals surface area contributed by atoms with E-state index in [0.717, 1.165) is 5.56 Å². The molecule has 26 heavy (non-hydrogen) atoms. The molecule has 0 saturated heterocycles. The minimum absolute atomic E-state index is 0.00430. The number of carbonyl (C=O) groups is 2. The summed E-state index contributed by atoms with van der Waals surface area (Å²) in [6, 6.07) is 3.61. The van der Waals surface area contributed by atoms with Crippen molar-refractivity contribution >= 4 is 11.6 Å². The van der Waals surface area contributed by atoms with Gasteiger partial charge in [-0.25, -0.2) is 0 Å². The standard InChI is InChI=1S/C21H22O5/c1-12-16(19(23)15-8-6-5-7-14(15)18(12)22)11-13-9-10-17(24-2)21(26-4)20(13)25-3/h5-10,14-15H,11H2,1-4H3. The fourth-order valence-corrected chi connectivity index (χ4v) is 3.61. The molecule has 5 nitrogen and oxygen atoms in total. The van der Waals surface area contributed by atoms with Crippen molar-refractivity contribution in [3.8, 4) is 17.2 Å². The van der Waals surface area contributed by atoms with Crippen LogP contribution in [0.1, 0.15) is 12.5 Å². The average molecular weight is 354 g/mol. The Hall–Kier alpha value is -2.82. The molecule has 5 heteroatoms. The summed E-state index contributed by atoms with van der Waals surface area (Å²) in [5.74, 6) is 0.715. The van der Waals surface area contributed by atoms with Crippen molar-refractivity contribution in [3.63, 3.8) is 0 Å². The Morgan fingerprint density at radius 3 is 2.04 bits per heavy atom. The molecular weight excluding hydrogens is 332 g/mol. The molecule has 136 valence electrons. The van der Waals surface area contributed by atoms with Gasteiger partial charge in [0.05, 0.1) is 33.2 Å². The van der Waals surface area contributed by atoms with Gasteiger partial charge in [-0.15, -0.1) is 0 Å². The summed E-state index contributed by atoms with van der Waals surface area (Å²) in [7, 11) is 4.63. The Bertz CT molecular complexity index is 844. The number of fused-ring (bicyclic) bond motifs is 1. The Labute approximate surface area is 152 Å². The minimum Gasteiger partial charge on any atom is -0.493 e. The van der Waals surface area contributed by atoms with Gasteiger partial charge in [-0.3, -0.25) is 9.59 Å². The van der Waals surface area contributed by atoms with Crippen LogP contribution < -0.4 is 14.2 Å². The maximum atomic E-state index is 13.0. The van der Waals surface area contributed by atoms with Crippen molar-refractivity contribution in [2.45, 2.75) is 13.3 Å². The van der Waals surface area contributed by atoms with E-state index in [4.69, 9.17) is 14.2 Å². The number of Topliss-reactive ketones (excluding diaryl/α,β-unsaturated/α-hetero) is 2. The lowest BCUT2D eigenvalue weighted by Gasteiger charge is -2.29. The number of rotatable bonds is 5. The van der Waals surface area contributed by atoms with Gasteiger partial charge in [0.15, 0.2) is 23.1 Å². The van der Waals surface area contributed by atoms with Gasteiger partial charge in [-0.1, -0.05) is 30.4 Å². The molecule has 0 N–H and O–H groups in total. The maximum Gasteiger partial charge on any atom is 0.203 e. The molecule has 2 unspecified atom stereocenters. The lowest BCUT2D eigenvalue weighted by Crippen LogP contribution is -2.36. The van der Waals surface area contributed by atoms with Crippen LogP contribution in [-0.2, 0) is 16.0 Å². The van der Waals surface area contributed by atoms with Crippen LogP contribution in [0.4, 0.5) is 0 Å². The summed E-state index contributed by atoms with van der Waals surface area (Å²) in [4.78, 5) is 25.7. The summed E-state index contributed by atoms with van der Waals surface area (Å²) >= 11 is 0. The molecule has 0 heterocycles. The van der Waals surface area contributed by atoms with Crippen LogP contribution in [0.3, 0.4) is 0 Å². The molecular formula is C21H22O5.